The maximum Gasteiger partial charge on any atom is 0.151 e. The number of rotatable bonds is 5. The fourth-order valence-electron chi connectivity index (χ4n) is 5.35. The molecule has 0 aliphatic carbocycles. The number of fused-ring (bicyclic) bond motifs is 3. The molecule has 0 atom stereocenters. The Bertz CT molecular complexity index is 1140. The minimum Gasteiger partial charge on any atom is -0.483 e. The molecule has 180 valence electrons. The van der Waals surface area contributed by atoms with Crippen LogP contribution in [-0.2, 0) is 17.9 Å². The Morgan fingerprint density at radius 2 is 1.85 bits per heavy atom. The average Bonchev–Trinajstić information content (AvgIpc) is 3.52. The second-order valence-corrected chi connectivity index (χ2v) is 9.95. The Morgan fingerprint density at radius 3 is 2.65 bits per heavy atom. The number of imidazole rings is 1. The molecule has 3 aliphatic rings. The third-order valence-electron chi connectivity index (χ3n) is 7.43. The van der Waals surface area contributed by atoms with Crippen LogP contribution in [0.25, 0.3) is 16.8 Å². The first kappa shape index (κ1) is 21.8. The lowest BCUT2D eigenvalue weighted by atomic mass is 10.0. The van der Waals surface area contributed by atoms with Crippen LogP contribution in [0.4, 0.5) is 0 Å². The predicted molar refractivity (Wildman–Crippen MR) is 130 cm³/mol. The molecule has 0 spiro atoms. The standard InChI is InChI=1S/C26H34N6O2/c1-19(2)30-7-5-23(6-8-30)32-15-21(14-27-32)20-3-4-24-25(13-20)34-18-26-28-22(17-31(24)26)16-29-9-11-33-12-10-29/h3-4,13-15,17,19,23H,5-12,16,18H2,1-2H3. The summed E-state index contributed by atoms with van der Waals surface area (Å²) in [5.74, 6) is 1.86. The SMILES string of the molecule is CC(C)N1CCC(n2cc(-c3ccc4c(c3)OCc3nc(CN5CCOCC5)cn3-4)cn2)CC1. The van der Waals surface area contributed by atoms with Crippen LogP contribution in [-0.4, -0.2) is 74.6 Å². The van der Waals surface area contributed by atoms with Gasteiger partial charge in [0.15, 0.2) is 5.82 Å². The maximum atomic E-state index is 6.12. The lowest BCUT2D eigenvalue weighted by Crippen LogP contribution is -2.39. The normalized spacial score (nSPS) is 19.7. The molecule has 6 rings (SSSR count). The van der Waals surface area contributed by atoms with Gasteiger partial charge in [-0.05, 0) is 44.4 Å². The number of benzene rings is 1. The van der Waals surface area contributed by atoms with E-state index in [1.54, 1.807) is 0 Å². The molecule has 0 N–H and O–H groups in total. The van der Waals surface area contributed by atoms with Gasteiger partial charge in [-0.25, -0.2) is 4.98 Å². The molecule has 8 heteroatoms. The highest BCUT2D eigenvalue weighted by Gasteiger charge is 2.24. The zero-order valence-electron chi connectivity index (χ0n) is 20.2. The fraction of sp³-hybridized carbons (Fsp3) is 0.538. The van der Waals surface area contributed by atoms with Crippen molar-refractivity contribution in [1.29, 1.82) is 0 Å². The minimum atomic E-state index is 0.482. The minimum absolute atomic E-state index is 0.482. The van der Waals surface area contributed by atoms with Gasteiger partial charge in [0.25, 0.3) is 0 Å². The number of hydrogen-bond donors (Lipinski definition) is 0. The predicted octanol–water partition coefficient (Wildman–Crippen LogP) is 3.51. The van der Waals surface area contributed by atoms with E-state index in [4.69, 9.17) is 19.6 Å². The largest absolute Gasteiger partial charge is 0.483 e. The van der Waals surface area contributed by atoms with Gasteiger partial charge in [-0.3, -0.25) is 14.1 Å². The van der Waals surface area contributed by atoms with Crippen LogP contribution >= 0.6 is 0 Å². The lowest BCUT2D eigenvalue weighted by molar-refractivity contribution is 0.0337. The molecule has 34 heavy (non-hydrogen) atoms. The Balaban J connectivity index is 1.18. The molecular formula is C26H34N6O2. The van der Waals surface area contributed by atoms with Crippen molar-refractivity contribution >= 4 is 0 Å². The number of hydrogen-bond acceptors (Lipinski definition) is 6. The molecule has 0 saturated carbocycles. The molecule has 0 bridgehead atoms. The van der Waals surface area contributed by atoms with Gasteiger partial charge in [-0.1, -0.05) is 6.07 Å². The topological polar surface area (TPSA) is 60.6 Å². The molecule has 0 amide bonds. The van der Waals surface area contributed by atoms with Crippen molar-refractivity contribution in [1.82, 2.24) is 29.1 Å². The molecule has 0 radical (unpaired) electrons. The van der Waals surface area contributed by atoms with Crippen LogP contribution in [0.5, 0.6) is 5.75 Å². The van der Waals surface area contributed by atoms with Crippen LogP contribution in [0, 0.1) is 0 Å². The molecular weight excluding hydrogens is 428 g/mol. The van der Waals surface area contributed by atoms with Crippen molar-refractivity contribution in [3.63, 3.8) is 0 Å². The van der Waals surface area contributed by atoms with E-state index in [0.717, 1.165) is 92.9 Å². The quantitative estimate of drug-likeness (QED) is 0.578. The van der Waals surface area contributed by atoms with E-state index in [-0.39, 0.29) is 0 Å². The molecule has 0 unspecified atom stereocenters. The second-order valence-electron chi connectivity index (χ2n) is 9.95. The van der Waals surface area contributed by atoms with Gasteiger partial charge in [0.1, 0.15) is 12.4 Å². The molecule has 3 aromatic rings. The number of likely N-dealkylation sites (tertiary alicyclic amines) is 1. The van der Waals surface area contributed by atoms with E-state index in [0.29, 0.717) is 18.7 Å². The summed E-state index contributed by atoms with van der Waals surface area (Å²) >= 11 is 0. The molecule has 5 heterocycles. The van der Waals surface area contributed by atoms with Gasteiger partial charge in [0, 0.05) is 56.7 Å². The number of ether oxygens (including phenoxy) is 2. The highest BCUT2D eigenvalue weighted by Crippen LogP contribution is 2.35. The Hall–Kier alpha value is -2.68. The molecule has 2 fully saturated rings. The zero-order valence-corrected chi connectivity index (χ0v) is 20.2. The summed E-state index contributed by atoms with van der Waals surface area (Å²) in [4.78, 5) is 9.78. The van der Waals surface area contributed by atoms with Crippen LogP contribution in [0.3, 0.4) is 0 Å². The summed E-state index contributed by atoms with van der Waals surface area (Å²) in [5, 5.41) is 4.72. The highest BCUT2D eigenvalue weighted by molar-refractivity contribution is 5.67. The molecule has 2 aromatic heterocycles. The van der Waals surface area contributed by atoms with Gasteiger partial charge >= 0.3 is 0 Å². The van der Waals surface area contributed by atoms with Gasteiger partial charge in [0.05, 0.1) is 36.8 Å². The average molecular weight is 463 g/mol. The van der Waals surface area contributed by atoms with E-state index in [1.165, 1.54) is 0 Å². The molecule has 8 nitrogen and oxygen atoms in total. The molecule has 3 aliphatic heterocycles. The molecule has 2 saturated heterocycles. The summed E-state index contributed by atoms with van der Waals surface area (Å²) in [7, 11) is 0. The number of morpholine rings is 1. The van der Waals surface area contributed by atoms with Crippen molar-refractivity contribution in [2.24, 2.45) is 0 Å². The smallest absolute Gasteiger partial charge is 0.151 e. The molecule has 1 aromatic carbocycles. The Labute approximate surface area is 201 Å². The first-order chi connectivity index (χ1) is 16.6. The number of piperidine rings is 1. The highest BCUT2D eigenvalue weighted by atomic mass is 16.5. The Kier molecular flexibility index (Phi) is 5.89. The lowest BCUT2D eigenvalue weighted by Gasteiger charge is -2.34. The van der Waals surface area contributed by atoms with Gasteiger partial charge in [-0.2, -0.15) is 5.10 Å². The number of aromatic nitrogens is 4. The monoisotopic (exact) mass is 462 g/mol. The Morgan fingerprint density at radius 1 is 1.03 bits per heavy atom. The maximum absolute atomic E-state index is 6.12. The van der Waals surface area contributed by atoms with Crippen molar-refractivity contribution in [3.8, 4) is 22.6 Å². The van der Waals surface area contributed by atoms with E-state index >= 15 is 0 Å². The van der Waals surface area contributed by atoms with E-state index in [2.05, 4.69) is 63.5 Å². The zero-order chi connectivity index (χ0) is 23.1. The summed E-state index contributed by atoms with van der Waals surface area (Å²) in [6.45, 7) is 11.7. The van der Waals surface area contributed by atoms with Crippen LogP contribution < -0.4 is 4.74 Å². The fourth-order valence-corrected chi connectivity index (χ4v) is 5.35. The summed E-state index contributed by atoms with van der Waals surface area (Å²) in [5.41, 5.74) is 4.42. The van der Waals surface area contributed by atoms with Gasteiger partial charge in [-0.15, -0.1) is 0 Å². The van der Waals surface area contributed by atoms with Crippen molar-refractivity contribution in [2.75, 3.05) is 39.4 Å². The van der Waals surface area contributed by atoms with Gasteiger partial charge < -0.3 is 14.4 Å². The van der Waals surface area contributed by atoms with E-state index < -0.39 is 0 Å². The van der Waals surface area contributed by atoms with Gasteiger partial charge in [0.2, 0.25) is 0 Å². The van der Waals surface area contributed by atoms with Crippen molar-refractivity contribution < 1.29 is 9.47 Å². The van der Waals surface area contributed by atoms with E-state index in [9.17, 15) is 0 Å². The second kappa shape index (κ2) is 9.17. The summed E-state index contributed by atoms with van der Waals surface area (Å²) in [6.07, 6.45) is 8.66. The van der Waals surface area contributed by atoms with Crippen LogP contribution in [0.2, 0.25) is 0 Å². The van der Waals surface area contributed by atoms with Crippen molar-refractivity contribution in [2.45, 2.75) is 51.9 Å². The number of nitrogens with zero attached hydrogens (tertiary/aromatic N) is 6. The third-order valence-corrected chi connectivity index (χ3v) is 7.43. The third kappa shape index (κ3) is 4.26. The van der Waals surface area contributed by atoms with Crippen LogP contribution in [0.15, 0.2) is 36.8 Å². The summed E-state index contributed by atoms with van der Waals surface area (Å²) < 4.78 is 15.9. The first-order valence-electron chi connectivity index (χ1n) is 12.6. The first-order valence-corrected chi connectivity index (χ1v) is 12.6. The van der Waals surface area contributed by atoms with Crippen molar-refractivity contribution in [3.05, 3.63) is 48.3 Å². The van der Waals surface area contributed by atoms with E-state index in [1.807, 2.05) is 6.20 Å². The summed E-state index contributed by atoms with van der Waals surface area (Å²) in [6, 6.07) is 7.56. The van der Waals surface area contributed by atoms with Crippen LogP contribution in [0.1, 0.15) is 44.2 Å².